The summed E-state index contributed by atoms with van der Waals surface area (Å²) in [5.74, 6) is -0.487. The van der Waals surface area contributed by atoms with Gasteiger partial charge >= 0.3 is 0 Å². The molecule has 0 unspecified atom stereocenters. The molecule has 172 valence electrons. The molecule has 0 saturated carbocycles. The van der Waals surface area contributed by atoms with E-state index >= 15 is 0 Å². The fourth-order valence-electron chi connectivity index (χ4n) is 3.92. The Labute approximate surface area is 199 Å². The number of pyridine rings is 1. The average Bonchev–Trinajstić information content (AvgIpc) is 3.44. The van der Waals surface area contributed by atoms with Gasteiger partial charge in [-0.15, -0.1) is 0 Å². The lowest BCUT2D eigenvalue weighted by atomic mass is 9.95. The number of oxime groups is 1. The van der Waals surface area contributed by atoms with Crippen LogP contribution >= 0.6 is 11.3 Å². The number of hydrogen-bond donors (Lipinski definition) is 2. The Morgan fingerprint density at radius 2 is 2.09 bits per heavy atom. The van der Waals surface area contributed by atoms with Gasteiger partial charge in [0.05, 0.1) is 33.9 Å². The fraction of sp³-hybridized carbons (Fsp3) is 0.208. The van der Waals surface area contributed by atoms with Crippen LogP contribution in [-0.2, 0) is 22.5 Å². The summed E-state index contributed by atoms with van der Waals surface area (Å²) in [6.07, 6.45) is 4.99. The summed E-state index contributed by atoms with van der Waals surface area (Å²) in [5, 5.41) is 21.1. The lowest BCUT2D eigenvalue weighted by Gasteiger charge is -2.14. The monoisotopic (exact) mass is 474 g/mol. The van der Waals surface area contributed by atoms with Crippen LogP contribution in [0.5, 0.6) is 0 Å². The first-order chi connectivity index (χ1) is 16.6. The second-order valence-corrected chi connectivity index (χ2v) is 8.78. The Balaban J connectivity index is 1.65. The fourth-order valence-corrected chi connectivity index (χ4v) is 5.01. The molecule has 2 N–H and O–H groups in total. The average molecular weight is 475 g/mol. The molecule has 1 aliphatic carbocycles. The van der Waals surface area contributed by atoms with Crippen molar-refractivity contribution in [3.63, 3.8) is 0 Å². The van der Waals surface area contributed by atoms with E-state index in [0.29, 0.717) is 5.13 Å². The van der Waals surface area contributed by atoms with Gasteiger partial charge in [0, 0.05) is 23.0 Å². The molecule has 3 heterocycles. The van der Waals surface area contributed by atoms with Gasteiger partial charge in [0.25, 0.3) is 5.91 Å². The van der Waals surface area contributed by atoms with Gasteiger partial charge < -0.3 is 9.94 Å². The molecule has 0 fully saturated rings. The van der Waals surface area contributed by atoms with Crippen LogP contribution in [0.4, 0.5) is 5.13 Å². The van der Waals surface area contributed by atoms with Crippen molar-refractivity contribution in [2.75, 3.05) is 19.0 Å². The highest BCUT2D eigenvalue weighted by Gasteiger charge is 2.30. The number of thiazole rings is 1. The highest BCUT2D eigenvalue weighted by atomic mass is 32.1. The van der Waals surface area contributed by atoms with Crippen LogP contribution in [0.3, 0.4) is 0 Å². The van der Waals surface area contributed by atoms with Crippen LogP contribution in [0.2, 0.25) is 0 Å². The molecule has 9 nitrogen and oxygen atoms in total. The minimum absolute atomic E-state index is 0.467. The number of aryl methyl sites for hydroxylation is 2. The normalized spacial score (nSPS) is 12.4. The SMILES string of the molecule is CON=Cc1ccc(-n2nc(-c3ccc(C)nc3)c3c2-c2sc(NC(=O)CO)nc2CC3)cc1. The van der Waals surface area contributed by atoms with Crippen LogP contribution in [0.25, 0.3) is 27.5 Å². The number of carbonyl (C=O) groups excluding carboxylic acids is 1. The molecule has 1 amide bonds. The first-order valence-electron chi connectivity index (χ1n) is 10.7. The number of anilines is 1. The maximum Gasteiger partial charge on any atom is 0.251 e. The van der Waals surface area contributed by atoms with Gasteiger partial charge in [0.2, 0.25) is 0 Å². The number of benzene rings is 1. The van der Waals surface area contributed by atoms with Crippen LogP contribution in [-0.4, -0.2) is 50.7 Å². The van der Waals surface area contributed by atoms with E-state index in [0.717, 1.165) is 62.9 Å². The molecule has 0 bridgehead atoms. The summed E-state index contributed by atoms with van der Waals surface area (Å²) < 4.78 is 1.93. The van der Waals surface area contributed by atoms with E-state index in [1.807, 2.05) is 54.2 Å². The number of aromatic nitrogens is 4. The van der Waals surface area contributed by atoms with Gasteiger partial charge in [0.1, 0.15) is 13.7 Å². The van der Waals surface area contributed by atoms with Crippen molar-refractivity contribution in [3.05, 3.63) is 65.1 Å². The van der Waals surface area contributed by atoms with Crippen molar-refractivity contribution in [3.8, 4) is 27.5 Å². The highest BCUT2D eigenvalue weighted by Crippen LogP contribution is 2.44. The van der Waals surface area contributed by atoms with Gasteiger partial charge in [-0.1, -0.05) is 28.6 Å². The molecule has 0 spiro atoms. The summed E-state index contributed by atoms with van der Waals surface area (Å²) in [7, 11) is 1.51. The lowest BCUT2D eigenvalue weighted by molar-refractivity contribution is -0.118. The largest absolute Gasteiger partial charge is 0.399 e. The lowest BCUT2D eigenvalue weighted by Crippen LogP contribution is -2.15. The molecule has 10 heteroatoms. The Hall–Kier alpha value is -3.89. The van der Waals surface area contributed by atoms with E-state index < -0.39 is 12.5 Å². The molecule has 0 saturated heterocycles. The van der Waals surface area contributed by atoms with E-state index in [1.54, 1.807) is 6.21 Å². The maximum atomic E-state index is 11.7. The van der Waals surface area contributed by atoms with Crippen LogP contribution in [0, 0.1) is 6.92 Å². The van der Waals surface area contributed by atoms with Crippen molar-refractivity contribution >= 4 is 28.6 Å². The zero-order valence-corrected chi connectivity index (χ0v) is 19.5. The minimum atomic E-state index is -0.587. The molecule has 0 atom stereocenters. The smallest absolute Gasteiger partial charge is 0.251 e. The topological polar surface area (TPSA) is 115 Å². The second-order valence-electron chi connectivity index (χ2n) is 7.79. The molecule has 4 aromatic rings. The molecule has 0 aliphatic heterocycles. The summed E-state index contributed by atoms with van der Waals surface area (Å²) in [5.41, 5.74) is 7.55. The first kappa shape index (κ1) is 21.9. The third-order valence-corrected chi connectivity index (χ3v) is 6.55. The van der Waals surface area contributed by atoms with Crippen molar-refractivity contribution in [1.82, 2.24) is 19.7 Å². The van der Waals surface area contributed by atoms with E-state index in [2.05, 4.69) is 20.4 Å². The predicted molar refractivity (Wildman–Crippen MR) is 130 cm³/mol. The first-order valence-corrected chi connectivity index (χ1v) is 11.5. The number of rotatable bonds is 6. The third kappa shape index (κ3) is 4.09. The summed E-state index contributed by atoms with van der Waals surface area (Å²) >= 11 is 1.39. The van der Waals surface area contributed by atoms with Crippen LogP contribution < -0.4 is 5.32 Å². The second kappa shape index (κ2) is 9.16. The van der Waals surface area contributed by atoms with Crippen molar-refractivity contribution < 1.29 is 14.7 Å². The number of aliphatic hydroxyl groups excluding tert-OH is 1. The molecule has 1 aliphatic rings. The zero-order valence-electron chi connectivity index (χ0n) is 18.6. The minimum Gasteiger partial charge on any atom is -0.399 e. The number of nitrogens with one attached hydrogen (secondary N) is 1. The van der Waals surface area contributed by atoms with E-state index in [1.165, 1.54) is 18.4 Å². The van der Waals surface area contributed by atoms with E-state index in [4.69, 9.17) is 15.0 Å². The highest BCUT2D eigenvalue weighted by molar-refractivity contribution is 7.19. The molecule has 0 radical (unpaired) electrons. The Morgan fingerprint density at radius 3 is 2.79 bits per heavy atom. The Bertz CT molecular complexity index is 1370. The number of amides is 1. The number of hydrogen-bond acceptors (Lipinski definition) is 8. The maximum absolute atomic E-state index is 11.7. The Kier molecular flexibility index (Phi) is 5.91. The Morgan fingerprint density at radius 1 is 1.26 bits per heavy atom. The molecular formula is C24H22N6O3S. The molecule has 3 aromatic heterocycles. The van der Waals surface area contributed by atoms with Gasteiger partial charge in [-0.25, -0.2) is 9.67 Å². The molecule has 34 heavy (non-hydrogen) atoms. The third-order valence-electron chi connectivity index (χ3n) is 5.53. The van der Waals surface area contributed by atoms with Crippen LogP contribution in [0.1, 0.15) is 22.5 Å². The quantitative estimate of drug-likeness (QED) is 0.327. The van der Waals surface area contributed by atoms with Gasteiger partial charge in [-0.3, -0.25) is 15.1 Å². The van der Waals surface area contributed by atoms with Gasteiger partial charge in [-0.05, 0) is 49.6 Å². The summed E-state index contributed by atoms with van der Waals surface area (Å²) in [6.45, 7) is 1.37. The van der Waals surface area contributed by atoms with E-state index in [9.17, 15) is 4.79 Å². The standard InChI is InChI=1S/C24H22N6O3S/c1-14-3-6-16(12-25-14)21-18-9-10-19-23(34-24(27-19)28-20(32)13-31)22(18)30(29-21)17-7-4-15(5-8-17)11-26-33-2/h3-8,11-12,31H,9-10,13H2,1-2H3,(H,27,28,32). The zero-order chi connectivity index (χ0) is 23.7. The van der Waals surface area contributed by atoms with E-state index in [-0.39, 0.29) is 0 Å². The van der Waals surface area contributed by atoms with Gasteiger partial charge in [0.15, 0.2) is 5.13 Å². The van der Waals surface area contributed by atoms with Crippen molar-refractivity contribution in [2.24, 2.45) is 5.16 Å². The molecule has 5 rings (SSSR count). The predicted octanol–water partition coefficient (Wildman–Crippen LogP) is 3.38. The van der Waals surface area contributed by atoms with Crippen molar-refractivity contribution in [1.29, 1.82) is 0 Å². The van der Waals surface area contributed by atoms with Crippen LogP contribution in [0.15, 0.2) is 47.8 Å². The molecular weight excluding hydrogens is 452 g/mol. The van der Waals surface area contributed by atoms with Gasteiger partial charge in [-0.2, -0.15) is 5.10 Å². The number of nitrogens with zero attached hydrogens (tertiary/aromatic N) is 5. The summed E-state index contributed by atoms with van der Waals surface area (Å²) in [4.78, 5) is 26.5. The number of aliphatic hydroxyl groups is 1. The molecule has 1 aromatic carbocycles. The number of fused-ring (bicyclic) bond motifs is 3. The summed E-state index contributed by atoms with van der Waals surface area (Å²) in [6, 6.07) is 11.9. The number of carbonyl (C=O) groups is 1. The van der Waals surface area contributed by atoms with Crippen molar-refractivity contribution in [2.45, 2.75) is 19.8 Å².